The van der Waals surface area contributed by atoms with Crippen LogP contribution in [0, 0.1) is 5.41 Å². The zero-order chi connectivity index (χ0) is 8.44. The van der Waals surface area contributed by atoms with Crippen molar-refractivity contribution in [2.75, 3.05) is 19.8 Å². The van der Waals surface area contributed by atoms with E-state index in [0.29, 0.717) is 11.5 Å². The van der Waals surface area contributed by atoms with Crippen molar-refractivity contribution in [3.05, 3.63) is 0 Å². The molecule has 0 aromatic heterocycles. The fourth-order valence-corrected chi connectivity index (χ4v) is 2.04. The quantitative estimate of drug-likeness (QED) is 0.692. The van der Waals surface area contributed by atoms with E-state index < -0.39 is 0 Å². The Morgan fingerprint density at radius 1 is 1.50 bits per heavy atom. The van der Waals surface area contributed by atoms with Gasteiger partial charge in [0, 0.05) is 19.2 Å². The van der Waals surface area contributed by atoms with Gasteiger partial charge in [0.1, 0.15) is 0 Å². The van der Waals surface area contributed by atoms with Crippen LogP contribution in [0.25, 0.3) is 0 Å². The number of hydrogen-bond donors (Lipinski definition) is 1. The van der Waals surface area contributed by atoms with Gasteiger partial charge in [-0.25, -0.2) is 0 Å². The summed E-state index contributed by atoms with van der Waals surface area (Å²) in [7, 11) is 0. The molecule has 1 unspecified atom stereocenters. The molecular weight excluding hydrogens is 150 g/mol. The summed E-state index contributed by atoms with van der Waals surface area (Å²) in [6.07, 6.45) is 5.45. The van der Waals surface area contributed by atoms with Crippen LogP contribution in [0.4, 0.5) is 0 Å². The summed E-state index contributed by atoms with van der Waals surface area (Å²) in [4.78, 5) is 0. The minimum absolute atomic E-state index is 0.614. The Labute approximate surface area is 74.7 Å². The van der Waals surface area contributed by atoms with E-state index in [-0.39, 0.29) is 0 Å². The maximum atomic E-state index is 5.31. The molecule has 2 aliphatic rings. The first-order valence-electron chi connectivity index (χ1n) is 5.10. The molecule has 1 heterocycles. The summed E-state index contributed by atoms with van der Waals surface area (Å²) >= 11 is 0. The summed E-state index contributed by atoms with van der Waals surface area (Å²) < 4.78 is 5.31. The first-order valence-corrected chi connectivity index (χ1v) is 5.10. The summed E-state index contributed by atoms with van der Waals surface area (Å²) in [6, 6.07) is 0.641. The van der Waals surface area contributed by atoms with Crippen LogP contribution in [-0.2, 0) is 4.74 Å². The molecule has 0 radical (unpaired) electrons. The molecule has 0 amide bonds. The lowest BCUT2D eigenvalue weighted by Gasteiger charge is -2.39. The molecule has 2 heteroatoms. The molecular formula is C10H19NO. The number of nitrogens with one attached hydrogen (secondary N) is 1. The van der Waals surface area contributed by atoms with E-state index >= 15 is 0 Å². The van der Waals surface area contributed by atoms with Crippen LogP contribution in [0.1, 0.15) is 32.6 Å². The molecule has 1 aliphatic heterocycles. The average molecular weight is 169 g/mol. The van der Waals surface area contributed by atoms with Gasteiger partial charge < -0.3 is 10.1 Å². The zero-order valence-corrected chi connectivity index (χ0v) is 7.94. The highest BCUT2D eigenvalue weighted by molar-refractivity contribution is 4.87. The minimum Gasteiger partial charge on any atom is -0.380 e. The number of rotatable bonds is 3. The van der Waals surface area contributed by atoms with Crippen molar-refractivity contribution >= 4 is 0 Å². The molecule has 1 atom stereocenters. The molecule has 1 N–H and O–H groups in total. The van der Waals surface area contributed by atoms with E-state index in [1.54, 1.807) is 0 Å². The van der Waals surface area contributed by atoms with Crippen molar-refractivity contribution in [1.29, 1.82) is 0 Å². The molecule has 2 fully saturated rings. The van der Waals surface area contributed by atoms with E-state index in [4.69, 9.17) is 4.74 Å². The molecule has 0 aromatic carbocycles. The van der Waals surface area contributed by atoms with E-state index in [2.05, 4.69) is 12.2 Å². The van der Waals surface area contributed by atoms with Gasteiger partial charge in [-0.3, -0.25) is 0 Å². The predicted molar refractivity (Wildman–Crippen MR) is 49.2 cm³/mol. The fraction of sp³-hybridized carbons (Fsp3) is 1.00. The normalized spacial score (nSPS) is 33.2. The van der Waals surface area contributed by atoms with E-state index in [1.165, 1.54) is 32.2 Å². The van der Waals surface area contributed by atoms with Crippen LogP contribution in [0.3, 0.4) is 0 Å². The standard InChI is InChI=1S/C10H19NO/c1-10(4-2-5-10)8-11-9-3-6-12-7-9/h9,11H,2-8H2,1H3. The van der Waals surface area contributed by atoms with Crippen LogP contribution in [0.2, 0.25) is 0 Å². The molecule has 1 saturated heterocycles. The Morgan fingerprint density at radius 2 is 2.33 bits per heavy atom. The summed E-state index contributed by atoms with van der Waals surface area (Å²) in [5, 5.41) is 3.60. The number of hydrogen-bond acceptors (Lipinski definition) is 2. The van der Waals surface area contributed by atoms with Crippen molar-refractivity contribution < 1.29 is 4.74 Å². The maximum absolute atomic E-state index is 5.31. The van der Waals surface area contributed by atoms with Gasteiger partial charge in [0.15, 0.2) is 0 Å². The van der Waals surface area contributed by atoms with Gasteiger partial charge in [-0.05, 0) is 24.7 Å². The second-order valence-corrected chi connectivity index (χ2v) is 4.61. The van der Waals surface area contributed by atoms with Gasteiger partial charge in [-0.2, -0.15) is 0 Å². The third-order valence-corrected chi connectivity index (χ3v) is 3.31. The summed E-state index contributed by atoms with van der Waals surface area (Å²) in [6.45, 7) is 5.46. The molecule has 0 aromatic rings. The molecule has 1 saturated carbocycles. The SMILES string of the molecule is CC1(CNC2CCOC2)CCC1. The van der Waals surface area contributed by atoms with Gasteiger partial charge >= 0.3 is 0 Å². The molecule has 2 rings (SSSR count). The van der Waals surface area contributed by atoms with E-state index in [0.717, 1.165) is 13.2 Å². The van der Waals surface area contributed by atoms with Crippen LogP contribution < -0.4 is 5.32 Å². The highest BCUT2D eigenvalue weighted by Crippen LogP contribution is 2.39. The summed E-state index contributed by atoms with van der Waals surface area (Å²) in [5.41, 5.74) is 0.614. The van der Waals surface area contributed by atoms with E-state index in [9.17, 15) is 0 Å². The van der Waals surface area contributed by atoms with Crippen LogP contribution in [0.15, 0.2) is 0 Å². The average Bonchev–Trinajstić information content (AvgIpc) is 2.49. The summed E-state index contributed by atoms with van der Waals surface area (Å²) in [5.74, 6) is 0. The van der Waals surface area contributed by atoms with E-state index in [1.807, 2.05) is 0 Å². The molecule has 1 aliphatic carbocycles. The first kappa shape index (κ1) is 8.52. The Kier molecular flexibility index (Phi) is 2.37. The fourth-order valence-electron chi connectivity index (χ4n) is 2.04. The smallest absolute Gasteiger partial charge is 0.0620 e. The molecule has 12 heavy (non-hydrogen) atoms. The molecule has 0 spiro atoms. The van der Waals surface area contributed by atoms with Crippen LogP contribution in [0.5, 0.6) is 0 Å². The van der Waals surface area contributed by atoms with Crippen molar-refractivity contribution in [2.45, 2.75) is 38.6 Å². The Hall–Kier alpha value is -0.0800. The second kappa shape index (κ2) is 3.35. The van der Waals surface area contributed by atoms with Crippen molar-refractivity contribution in [3.63, 3.8) is 0 Å². The topological polar surface area (TPSA) is 21.3 Å². The Balaban J connectivity index is 1.67. The maximum Gasteiger partial charge on any atom is 0.0620 e. The minimum atomic E-state index is 0.614. The lowest BCUT2D eigenvalue weighted by Crippen LogP contribution is -2.42. The first-order chi connectivity index (χ1) is 5.79. The van der Waals surface area contributed by atoms with Gasteiger partial charge in [0.05, 0.1) is 6.61 Å². The highest BCUT2D eigenvalue weighted by atomic mass is 16.5. The lowest BCUT2D eigenvalue weighted by atomic mass is 9.70. The van der Waals surface area contributed by atoms with Crippen LogP contribution in [-0.4, -0.2) is 25.8 Å². The van der Waals surface area contributed by atoms with Gasteiger partial charge in [-0.1, -0.05) is 13.3 Å². The Bertz CT molecular complexity index is 148. The van der Waals surface area contributed by atoms with Gasteiger partial charge in [0.25, 0.3) is 0 Å². The predicted octanol–water partition coefficient (Wildman–Crippen LogP) is 1.56. The Morgan fingerprint density at radius 3 is 2.83 bits per heavy atom. The van der Waals surface area contributed by atoms with Crippen LogP contribution >= 0.6 is 0 Å². The highest BCUT2D eigenvalue weighted by Gasteiger charge is 2.32. The third-order valence-electron chi connectivity index (χ3n) is 3.31. The zero-order valence-electron chi connectivity index (χ0n) is 7.94. The lowest BCUT2D eigenvalue weighted by molar-refractivity contribution is 0.144. The third kappa shape index (κ3) is 1.80. The van der Waals surface area contributed by atoms with Crippen molar-refractivity contribution in [1.82, 2.24) is 5.32 Å². The largest absolute Gasteiger partial charge is 0.380 e. The molecule has 0 bridgehead atoms. The van der Waals surface area contributed by atoms with Crippen molar-refractivity contribution in [2.24, 2.45) is 5.41 Å². The molecule has 70 valence electrons. The van der Waals surface area contributed by atoms with Gasteiger partial charge in [0.2, 0.25) is 0 Å². The van der Waals surface area contributed by atoms with Crippen molar-refractivity contribution in [3.8, 4) is 0 Å². The second-order valence-electron chi connectivity index (χ2n) is 4.61. The van der Waals surface area contributed by atoms with Gasteiger partial charge in [-0.15, -0.1) is 0 Å². The molecule has 2 nitrogen and oxygen atoms in total. The monoisotopic (exact) mass is 169 g/mol. The number of ether oxygens (including phenoxy) is 1.